The van der Waals surface area contributed by atoms with Gasteiger partial charge in [-0.15, -0.1) is 0 Å². The van der Waals surface area contributed by atoms with Gasteiger partial charge in [-0.05, 0) is 49.9 Å². The van der Waals surface area contributed by atoms with Gasteiger partial charge in [-0.25, -0.2) is 9.97 Å². The number of piperidine rings is 2. The molecule has 2 saturated heterocycles. The van der Waals surface area contributed by atoms with Crippen LogP contribution in [-0.2, 0) is 4.79 Å². The van der Waals surface area contributed by atoms with Gasteiger partial charge in [0.25, 0.3) is 5.91 Å². The molecule has 0 radical (unpaired) electrons. The molecule has 5 rings (SSSR count). The second-order valence-electron chi connectivity index (χ2n) is 8.64. The number of aromatic amines is 1. The number of pyridine rings is 1. The van der Waals surface area contributed by atoms with Crippen LogP contribution in [0.5, 0.6) is 0 Å². The first-order valence-corrected chi connectivity index (χ1v) is 11.6. The maximum absolute atomic E-state index is 13.1. The summed E-state index contributed by atoms with van der Waals surface area (Å²) < 4.78 is 0. The number of imidazole rings is 1. The Hall–Kier alpha value is -2.93. The lowest BCUT2D eigenvalue weighted by atomic mass is 9.91. The first kappa shape index (κ1) is 20.9. The number of hydrogen-bond donors (Lipinski definition) is 1. The minimum Gasteiger partial charge on any atom is -0.342 e. The van der Waals surface area contributed by atoms with Gasteiger partial charge in [-0.1, -0.05) is 23.7 Å². The molecular weight excluding hydrogens is 426 g/mol. The Labute approximate surface area is 191 Å². The van der Waals surface area contributed by atoms with Crippen molar-refractivity contribution in [1.82, 2.24) is 24.8 Å². The van der Waals surface area contributed by atoms with Crippen molar-refractivity contribution in [3.05, 3.63) is 59.0 Å². The number of rotatable bonds is 3. The van der Waals surface area contributed by atoms with Gasteiger partial charge >= 0.3 is 0 Å². The number of fused-ring (bicyclic) bond motifs is 1. The molecule has 0 bridgehead atoms. The standard InChI is InChI=1S/C24H26ClN5O2/c25-19-5-2-1-4-18(19)24(32)30-14-9-17(10-15-30)23(31)29-12-7-16(8-13-29)21-27-20-6-3-11-26-22(20)28-21/h1-6,11,16-17H,7-10,12-15H2,(H,26,27,28). The van der Waals surface area contributed by atoms with Crippen LogP contribution in [0.4, 0.5) is 0 Å². The van der Waals surface area contributed by atoms with Gasteiger partial charge in [0, 0.05) is 44.2 Å². The molecule has 1 N–H and O–H groups in total. The normalized spacial score (nSPS) is 18.3. The van der Waals surface area contributed by atoms with E-state index in [4.69, 9.17) is 11.6 Å². The second-order valence-corrected chi connectivity index (χ2v) is 9.05. The average molecular weight is 452 g/mol. The molecule has 4 heterocycles. The Balaban J connectivity index is 1.14. The van der Waals surface area contributed by atoms with Crippen molar-refractivity contribution in [2.45, 2.75) is 31.6 Å². The number of aromatic nitrogens is 3. The molecular formula is C24H26ClN5O2. The van der Waals surface area contributed by atoms with E-state index in [0.29, 0.717) is 42.4 Å². The van der Waals surface area contributed by atoms with E-state index in [1.54, 1.807) is 18.3 Å². The van der Waals surface area contributed by atoms with E-state index < -0.39 is 0 Å². The minimum atomic E-state index is -0.0531. The highest BCUT2D eigenvalue weighted by molar-refractivity contribution is 6.33. The predicted octanol–water partition coefficient (Wildman–Crippen LogP) is 3.87. The first-order valence-electron chi connectivity index (χ1n) is 11.2. The molecule has 166 valence electrons. The number of benzene rings is 1. The molecule has 1 aromatic carbocycles. The summed E-state index contributed by atoms with van der Waals surface area (Å²) in [5, 5.41) is 0.471. The number of hydrogen-bond acceptors (Lipinski definition) is 4. The number of amides is 2. The summed E-state index contributed by atoms with van der Waals surface area (Å²) in [7, 11) is 0. The van der Waals surface area contributed by atoms with Crippen LogP contribution in [0.2, 0.25) is 5.02 Å². The zero-order valence-corrected chi connectivity index (χ0v) is 18.6. The van der Waals surface area contributed by atoms with Crippen LogP contribution in [0.3, 0.4) is 0 Å². The molecule has 8 heteroatoms. The molecule has 0 saturated carbocycles. The van der Waals surface area contributed by atoms with Crippen LogP contribution in [-0.4, -0.2) is 62.7 Å². The fourth-order valence-corrected chi connectivity index (χ4v) is 5.04. The minimum absolute atomic E-state index is 0.0164. The third kappa shape index (κ3) is 4.09. The lowest BCUT2D eigenvalue weighted by Gasteiger charge is -2.37. The van der Waals surface area contributed by atoms with Gasteiger partial charge < -0.3 is 14.8 Å². The zero-order chi connectivity index (χ0) is 22.1. The van der Waals surface area contributed by atoms with Gasteiger partial charge in [0.2, 0.25) is 5.91 Å². The van der Waals surface area contributed by atoms with Crippen molar-refractivity contribution in [3.8, 4) is 0 Å². The molecule has 3 aromatic rings. The second kappa shape index (κ2) is 8.90. The molecule has 0 aliphatic carbocycles. The molecule has 2 fully saturated rings. The fraction of sp³-hybridized carbons (Fsp3) is 0.417. The van der Waals surface area contributed by atoms with Gasteiger partial charge in [-0.3, -0.25) is 9.59 Å². The number of nitrogens with one attached hydrogen (secondary N) is 1. The number of likely N-dealkylation sites (tertiary alicyclic amines) is 2. The number of halogens is 1. The quantitative estimate of drug-likeness (QED) is 0.655. The Bertz CT molecular complexity index is 1100. The molecule has 2 aromatic heterocycles. The van der Waals surface area contributed by atoms with Crippen LogP contribution < -0.4 is 0 Å². The van der Waals surface area contributed by atoms with Crippen molar-refractivity contribution in [2.24, 2.45) is 5.92 Å². The Morgan fingerprint density at radius 3 is 2.38 bits per heavy atom. The summed E-state index contributed by atoms with van der Waals surface area (Å²) in [4.78, 5) is 42.0. The monoisotopic (exact) mass is 451 g/mol. The van der Waals surface area contributed by atoms with Crippen LogP contribution >= 0.6 is 11.6 Å². The van der Waals surface area contributed by atoms with Gasteiger partial charge in [0.15, 0.2) is 5.65 Å². The number of carbonyl (C=O) groups is 2. The smallest absolute Gasteiger partial charge is 0.255 e. The highest BCUT2D eigenvalue weighted by Gasteiger charge is 2.33. The molecule has 0 spiro atoms. The summed E-state index contributed by atoms with van der Waals surface area (Å²) in [6.45, 7) is 2.66. The fourth-order valence-electron chi connectivity index (χ4n) is 4.82. The zero-order valence-electron chi connectivity index (χ0n) is 17.8. The van der Waals surface area contributed by atoms with Crippen molar-refractivity contribution in [2.75, 3.05) is 26.2 Å². The maximum atomic E-state index is 13.1. The van der Waals surface area contributed by atoms with Crippen molar-refractivity contribution < 1.29 is 9.59 Å². The van der Waals surface area contributed by atoms with Crippen molar-refractivity contribution in [3.63, 3.8) is 0 Å². The van der Waals surface area contributed by atoms with Crippen LogP contribution in [0.1, 0.15) is 47.8 Å². The Morgan fingerprint density at radius 1 is 0.938 bits per heavy atom. The van der Waals surface area contributed by atoms with E-state index in [-0.39, 0.29) is 17.7 Å². The third-order valence-corrected chi connectivity index (χ3v) is 7.03. The Kier molecular flexibility index (Phi) is 5.83. The predicted molar refractivity (Wildman–Crippen MR) is 123 cm³/mol. The summed E-state index contributed by atoms with van der Waals surface area (Å²) in [5.74, 6) is 1.44. The highest BCUT2D eigenvalue weighted by atomic mass is 35.5. The lowest BCUT2D eigenvalue weighted by Crippen LogP contribution is -2.46. The molecule has 32 heavy (non-hydrogen) atoms. The number of carbonyl (C=O) groups excluding carboxylic acids is 2. The summed E-state index contributed by atoms with van der Waals surface area (Å²) in [6.07, 6.45) is 4.95. The molecule has 7 nitrogen and oxygen atoms in total. The van der Waals surface area contributed by atoms with E-state index in [9.17, 15) is 9.59 Å². The van der Waals surface area contributed by atoms with E-state index in [0.717, 1.165) is 42.9 Å². The average Bonchev–Trinajstić information content (AvgIpc) is 3.28. The Morgan fingerprint density at radius 2 is 1.66 bits per heavy atom. The van der Waals surface area contributed by atoms with Crippen LogP contribution in [0.25, 0.3) is 11.2 Å². The SMILES string of the molecule is O=C(c1ccccc1Cl)N1CCC(C(=O)N2CCC(c3nc4ncccc4[nH]3)CC2)CC1. The molecule has 2 aliphatic rings. The highest BCUT2D eigenvalue weighted by Crippen LogP contribution is 2.30. The van der Waals surface area contributed by atoms with Gasteiger partial charge in [-0.2, -0.15) is 0 Å². The number of nitrogens with zero attached hydrogens (tertiary/aromatic N) is 4. The van der Waals surface area contributed by atoms with E-state index in [1.807, 2.05) is 34.1 Å². The summed E-state index contributed by atoms with van der Waals surface area (Å²) in [5.41, 5.74) is 2.24. The van der Waals surface area contributed by atoms with Gasteiger partial charge in [0.05, 0.1) is 16.1 Å². The molecule has 2 aliphatic heterocycles. The maximum Gasteiger partial charge on any atom is 0.255 e. The van der Waals surface area contributed by atoms with Crippen molar-refractivity contribution in [1.29, 1.82) is 0 Å². The van der Waals surface area contributed by atoms with Crippen LogP contribution in [0, 0.1) is 5.92 Å². The topological polar surface area (TPSA) is 82.2 Å². The molecule has 2 amide bonds. The van der Waals surface area contributed by atoms with E-state index in [1.165, 1.54) is 0 Å². The van der Waals surface area contributed by atoms with Crippen LogP contribution in [0.15, 0.2) is 42.6 Å². The van der Waals surface area contributed by atoms with Gasteiger partial charge in [0.1, 0.15) is 5.82 Å². The number of H-pyrrole nitrogens is 1. The molecule has 0 unspecified atom stereocenters. The largest absolute Gasteiger partial charge is 0.342 e. The third-order valence-electron chi connectivity index (χ3n) is 6.70. The lowest BCUT2D eigenvalue weighted by molar-refractivity contribution is -0.138. The summed E-state index contributed by atoms with van der Waals surface area (Å²) >= 11 is 6.18. The first-order chi connectivity index (χ1) is 15.6. The van der Waals surface area contributed by atoms with E-state index >= 15 is 0 Å². The van der Waals surface area contributed by atoms with E-state index in [2.05, 4.69) is 15.0 Å². The molecule has 0 atom stereocenters. The summed E-state index contributed by atoms with van der Waals surface area (Å²) in [6, 6.07) is 11.0. The van der Waals surface area contributed by atoms with Crippen molar-refractivity contribution >= 4 is 34.6 Å².